The molecule has 1 aliphatic carbocycles. The molecule has 3 fully saturated rings. The Hall–Kier alpha value is -2.05. The molecule has 1 saturated carbocycles. The van der Waals surface area contributed by atoms with E-state index in [9.17, 15) is 4.79 Å². The van der Waals surface area contributed by atoms with Crippen LogP contribution in [0.1, 0.15) is 70.3 Å². The fraction of sp³-hybridized carbons (Fsp3) is 0.690. The summed E-state index contributed by atoms with van der Waals surface area (Å²) in [6.07, 6.45) is 14.7. The van der Waals surface area contributed by atoms with Gasteiger partial charge in [-0.3, -0.25) is 9.69 Å². The zero-order valence-electron chi connectivity index (χ0n) is 21.8. The number of nitrogens with zero attached hydrogens (tertiary/aromatic N) is 2. The lowest BCUT2D eigenvalue weighted by molar-refractivity contribution is -0.117. The first kappa shape index (κ1) is 26.0. The van der Waals surface area contributed by atoms with Gasteiger partial charge in [-0.25, -0.2) is 0 Å². The van der Waals surface area contributed by atoms with E-state index in [1.165, 1.54) is 58.0 Å². The number of amides is 1. The molecule has 1 aromatic rings. The van der Waals surface area contributed by atoms with Crippen LogP contribution in [0.3, 0.4) is 0 Å². The van der Waals surface area contributed by atoms with Gasteiger partial charge in [0.2, 0.25) is 5.91 Å². The Morgan fingerprint density at radius 3 is 2.46 bits per heavy atom. The van der Waals surface area contributed by atoms with Crippen molar-refractivity contribution >= 4 is 12.0 Å². The number of benzene rings is 1. The summed E-state index contributed by atoms with van der Waals surface area (Å²) in [7, 11) is 1.66. The Balaban J connectivity index is 1.19. The van der Waals surface area contributed by atoms with E-state index in [2.05, 4.69) is 22.0 Å². The zero-order chi connectivity index (χ0) is 24.5. The Morgan fingerprint density at radius 2 is 1.74 bits per heavy atom. The van der Waals surface area contributed by atoms with Crippen molar-refractivity contribution in [3.8, 4) is 11.5 Å². The first-order chi connectivity index (χ1) is 17.1. The molecule has 35 heavy (non-hydrogen) atoms. The number of nitrogens with one attached hydrogen (secondary N) is 1. The number of piperidine rings is 2. The third-order valence-corrected chi connectivity index (χ3v) is 8.11. The van der Waals surface area contributed by atoms with Crippen LogP contribution in [-0.2, 0) is 4.79 Å². The summed E-state index contributed by atoms with van der Waals surface area (Å²) in [5.41, 5.74) is 0.932. The molecular weight excluding hydrogens is 438 g/mol. The molecule has 0 unspecified atom stereocenters. The molecule has 2 heterocycles. The van der Waals surface area contributed by atoms with E-state index in [1.807, 2.05) is 24.3 Å². The van der Waals surface area contributed by atoms with Crippen molar-refractivity contribution in [3.63, 3.8) is 0 Å². The highest BCUT2D eigenvalue weighted by Crippen LogP contribution is 2.29. The molecule has 1 aromatic carbocycles. The van der Waals surface area contributed by atoms with Gasteiger partial charge in [0.05, 0.1) is 7.11 Å². The third-order valence-electron chi connectivity index (χ3n) is 8.11. The Labute approximate surface area is 212 Å². The van der Waals surface area contributed by atoms with E-state index in [0.717, 1.165) is 55.7 Å². The predicted molar refractivity (Wildman–Crippen MR) is 142 cm³/mol. The minimum absolute atomic E-state index is 0.0205. The van der Waals surface area contributed by atoms with E-state index >= 15 is 0 Å². The fourth-order valence-corrected chi connectivity index (χ4v) is 5.81. The minimum Gasteiger partial charge on any atom is -0.493 e. The van der Waals surface area contributed by atoms with Crippen molar-refractivity contribution in [2.75, 3.05) is 46.4 Å². The summed E-state index contributed by atoms with van der Waals surface area (Å²) in [6, 6.07) is 6.95. The van der Waals surface area contributed by atoms with Gasteiger partial charge >= 0.3 is 0 Å². The van der Waals surface area contributed by atoms with E-state index in [-0.39, 0.29) is 5.91 Å². The highest BCUT2D eigenvalue weighted by molar-refractivity contribution is 5.92. The zero-order valence-corrected chi connectivity index (χ0v) is 21.8. The smallest absolute Gasteiger partial charge is 0.244 e. The van der Waals surface area contributed by atoms with Crippen LogP contribution in [0.4, 0.5) is 0 Å². The molecule has 3 aliphatic rings. The average molecular weight is 484 g/mol. The standard InChI is InChI=1S/C29H45N3O3/c1-23-6-10-25(11-7-23)30-29(33)13-9-24-8-12-27(28(22-24)34-2)35-21-20-31-18-14-26(15-19-31)32-16-4-3-5-17-32/h8-9,12-13,22-23,25-26H,3-7,10-11,14-21H2,1-2H3,(H,30,33)/b13-9+. The van der Waals surface area contributed by atoms with Crippen LogP contribution in [-0.4, -0.2) is 74.2 Å². The summed E-state index contributed by atoms with van der Waals surface area (Å²) in [5.74, 6) is 2.22. The molecule has 1 amide bonds. The topological polar surface area (TPSA) is 54.0 Å². The number of rotatable bonds is 9. The lowest BCUT2D eigenvalue weighted by atomic mass is 9.87. The number of carbonyl (C=O) groups excluding carboxylic acids is 1. The molecule has 0 bridgehead atoms. The molecule has 2 saturated heterocycles. The Bertz CT molecular complexity index is 820. The molecule has 6 nitrogen and oxygen atoms in total. The highest BCUT2D eigenvalue weighted by Gasteiger charge is 2.25. The maximum absolute atomic E-state index is 12.3. The molecule has 194 valence electrons. The molecule has 0 atom stereocenters. The van der Waals surface area contributed by atoms with Crippen LogP contribution in [0.25, 0.3) is 6.08 Å². The van der Waals surface area contributed by atoms with Gasteiger partial charge in [0, 0.05) is 24.7 Å². The lowest BCUT2D eigenvalue weighted by Crippen LogP contribution is -2.47. The number of carbonyl (C=O) groups is 1. The Morgan fingerprint density at radius 1 is 1.00 bits per heavy atom. The van der Waals surface area contributed by atoms with Gasteiger partial charge in [0.25, 0.3) is 0 Å². The van der Waals surface area contributed by atoms with Crippen LogP contribution in [0.5, 0.6) is 11.5 Å². The normalized spacial score (nSPS) is 25.0. The molecule has 2 aliphatic heterocycles. The SMILES string of the molecule is COc1cc(/C=C/C(=O)NC2CCC(C)CC2)ccc1OCCN1CCC(N2CCCCC2)CC1. The van der Waals surface area contributed by atoms with Crippen molar-refractivity contribution in [1.29, 1.82) is 0 Å². The van der Waals surface area contributed by atoms with Crippen LogP contribution in [0, 0.1) is 5.92 Å². The second-order valence-corrected chi connectivity index (χ2v) is 10.7. The van der Waals surface area contributed by atoms with Crippen LogP contribution in [0.2, 0.25) is 0 Å². The second-order valence-electron chi connectivity index (χ2n) is 10.7. The van der Waals surface area contributed by atoms with Crippen LogP contribution < -0.4 is 14.8 Å². The average Bonchev–Trinajstić information content (AvgIpc) is 2.90. The third kappa shape index (κ3) is 7.97. The molecule has 0 aromatic heterocycles. The van der Waals surface area contributed by atoms with Gasteiger partial charge in [0.15, 0.2) is 11.5 Å². The maximum atomic E-state index is 12.3. The lowest BCUT2D eigenvalue weighted by Gasteiger charge is -2.40. The largest absolute Gasteiger partial charge is 0.493 e. The Kier molecular flexibility index (Phi) is 9.90. The van der Waals surface area contributed by atoms with Crippen molar-refractivity contribution in [3.05, 3.63) is 29.8 Å². The molecule has 0 spiro atoms. The van der Waals surface area contributed by atoms with E-state index in [4.69, 9.17) is 9.47 Å². The van der Waals surface area contributed by atoms with E-state index in [0.29, 0.717) is 18.4 Å². The fourth-order valence-electron chi connectivity index (χ4n) is 5.81. The number of hydrogen-bond acceptors (Lipinski definition) is 5. The predicted octanol–water partition coefficient (Wildman–Crippen LogP) is 4.73. The summed E-state index contributed by atoms with van der Waals surface area (Å²) in [5, 5.41) is 3.14. The van der Waals surface area contributed by atoms with Crippen LogP contribution >= 0.6 is 0 Å². The maximum Gasteiger partial charge on any atom is 0.244 e. The van der Waals surface area contributed by atoms with Crippen molar-refractivity contribution in [1.82, 2.24) is 15.1 Å². The van der Waals surface area contributed by atoms with Gasteiger partial charge < -0.3 is 19.7 Å². The molecule has 4 rings (SSSR count). The minimum atomic E-state index is -0.0205. The summed E-state index contributed by atoms with van der Waals surface area (Å²) >= 11 is 0. The quantitative estimate of drug-likeness (QED) is 0.515. The molecular formula is C29H45N3O3. The van der Waals surface area contributed by atoms with Crippen molar-refractivity contribution in [2.24, 2.45) is 5.92 Å². The van der Waals surface area contributed by atoms with Crippen molar-refractivity contribution in [2.45, 2.75) is 76.8 Å². The first-order valence-electron chi connectivity index (χ1n) is 13.9. The number of likely N-dealkylation sites (tertiary alicyclic amines) is 2. The van der Waals surface area contributed by atoms with Gasteiger partial charge in [-0.15, -0.1) is 0 Å². The number of hydrogen-bond donors (Lipinski definition) is 1. The molecule has 1 N–H and O–H groups in total. The highest BCUT2D eigenvalue weighted by atomic mass is 16.5. The monoisotopic (exact) mass is 483 g/mol. The summed E-state index contributed by atoms with van der Waals surface area (Å²) < 4.78 is 11.7. The molecule has 6 heteroatoms. The van der Waals surface area contributed by atoms with Gasteiger partial charge in [-0.1, -0.05) is 19.4 Å². The van der Waals surface area contributed by atoms with Gasteiger partial charge in [-0.05, 0) is 107 Å². The second kappa shape index (κ2) is 13.3. The first-order valence-corrected chi connectivity index (χ1v) is 13.9. The number of ether oxygens (including phenoxy) is 2. The number of methoxy groups -OCH3 is 1. The summed E-state index contributed by atoms with van der Waals surface area (Å²) in [4.78, 5) is 17.6. The van der Waals surface area contributed by atoms with Gasteiger partial charge in [0.1, 0.15) is 6.61 Å². The molecule has 0 radical (unpaired) electrons. The van der Waals surface area contributed by atoms with Crippen LogP contribution in [0.15, 0.2) is 24.3 Å². The van der Waals surface area contributed by atoms with Gasteiger partial charge in [-0.2, -0.15) is 0 Å². The van der Waals surface area contributed by atoms with E-state index in [1.54, 1.807) is 13.2 Å². The summed E-state index contributed by atoms with van der Waals surface area (Å²) in [6.45, 7) is 8.80. The van der Waals surface area contributed by atoms with Crippen molar-refractivity contribution < 1.29 is 14.3 Å². The van der Waals surface area contributed by atoms with E-state index < -0.39 is 0 Å².